The van der Waals surface area contributed by atoms with E-state index in [0.717, 1.165) is 31.2 Å². The number of hydrogen-bond acceptors (Lipinski definition) is 3. The third kappa shape index (κ3) is 4.33. The summed E-state index contributed by atoms with van der Waals surface area (Å²) in [6, 6.07) is 8.19. The molecule has 2 aromatic rings. The maximum Gasteiger partial charge on any atom is 0.119 e. The van der Waals surface area contributed by atoms with Crippen LogP contribution in [-0.4, -0.2) is 23.2 Å². The van der Waals surface area contributed by atoms with Crippen molar-refractivity contribution in [3.8, 4) is 5.75 Å². The first-order valence-corrected chi connectivity index (χ1v) is 7.44. The Morgan fingerprint density at radius 2 is 2.14 bits per heavy atom. The molecule has 2 rings (SSSR count). The van der Waals surface area contributed by atoms with E-state index in [1.54, 1.807) is 7.11 Å². The molecule has 4 nitrogen and oxygen atoms in total. The Balaban J connectivity index is 2.09. The summed E-state index contributed by atoms with van der Waals surface area (Å²) in [4.78, 5) is 4.44. The maximum atomic E-state index is 5.29. The lowest BCUT2D eigenvalue weighted by atomic mass is 10.2. The van der Waals surface area contributed by atoms with Crippen molar-refractivity contribution in [3.05, 3.63) is 47.5 Å². The van der Waals surface area contributed by atoms with Crippen molar-refractivity contribution in [3.63, 3.8) is 0 Å². The van der Waals surface area contributed by atoms with Gasteiger partial charge in [-0.3, -0.25) is 0 Å². The first-order valence-electron chi connectivity index (χ1n) is 7.44. The highest BCUT2D eigenvalue weighted by Gasteiger charge is 2.08. The summed E-state index contributed by atoms with van der Waals surface area (Å²) < 4.78 is 7.54. The minimum Gasteiger partial charge on any atom is -0.497 e. The number of hydrogen-bond donors (Lipinski definition) is 1. The Bertz CT molecular complexity index is 575. The Hall–Kier alpha value is -1.81. The van der Waals surface area contributed by atoms with Gasteiger partial charge in [0.15, 0.2) is 0 Å². The minimum atomic E-state index is 0.654. The molecule has 0 saturated heterocycles. The summed E-state index contributed by atoms with van der Waals surface area (Å²) >= 11 is 0. The van der Waals surface area contributed by atoms with Crippen LogP contribution >= 0.6 is 0 Å². The van der Waals surface area contributed by atoms with E-state index in [2.05, 4.69) is 40.8 Å². The molecule has 1 aromatic heterocycles. The number of methoxy groups -OCH3 is 1. The molecule has 0 aliphatic carbocycles. The maximum absolute atomic E-state index is 5.29. The van der Waals surface area contributed by atoms with Crippen molar-refractivity contribution < 1.29 is 4.74 Å². The van der Waals surface area contributed by atoms with Crippen molar-refractivity contribution in [1.82, 2.24) is 14.9 Å². The highest BCUT2D eigenvalue weighted by Crippen LogP contribution is 2.15. The van der Waals surface area contributed by atoms with Crippen LogP contribution in [0.3, 0.4) is 0 Å². The summed E-state index contributed by atoms with van der Waals surface area (Å²) in [5.74, 6) is 2.59. The molecule has 0 atom stereocenters. The molecule has 21 heavy (non-hydrogen) atoms. The van der Waals surface area contributed by atoms with Crippen LogP contribution in [0, 0.1) is 12.8 Å². The van der Waals surface area contributed by atoms with E-state index in [1.807, 2.05) is 25.3 Å². The molecule has 114 valence electrons. The fraction of sp³-hybridized carbons (Fsp3) is 0.471. The average molecular weight is 287 g/mol. The topological polar surface area (TPSA) is 39.1 Å². The van der Waals surface area contributed by atoms with E-state index in [1.165, 1.54) is 11.3 Å². The third-order valence-corrected chi connectivity index (χ3v) is 3.47. The number of nitrogens with zero attached hydrogens (tertiary/aromatic N) is 2. The van der Waals surface area contributed by atoms with Gasteiger partial charge in [0, 0.05) is 19.3 Å². The van der Waals surface area contributed by atoms with Crippen LogP contribution < -0.4 is 10.1 Å². The predicted octanol–water partition coefficient (Wildman–Crippen LogP) is 2.99. The number of benzene rings is 1. The summed E-state index contributed by atoms with van der Waals surface area (Å²) in [5, 5.41) is 3.48. The lowest BCUT2D eigenvalue weighted by Crippen LogP contribution is -2.21. The van der Waals surface area contributed by atoms with Crippen LogP contribution in [-0.2, 0) is 13.1 Å². The van der Waals surface area contributed by atoms with E-state index >= 15 is 0 Å². The van der Waals surface area contributed by atoms with Crippen LogP contribution in [0.5, 0.6) is 5.75 Å². The first kappa shape index (κ1) is 15.6. The summed E-state index contributed by atoms with van der Waals surface area (Å²) in [7, 11) is 1.70. The number of imidazole rings is 1. The number of ether oxygens (including phenoxy) is 1. The smallest absolute Gasteiger partial charge is 0.119 e. The zero-order valence-electron chi connectivity index (χ0n) is 13.4. The highest BCUT2D eigenvalue weighted by molar-refractivity contribution is 5.29. The first-order chi connectivity index (χ1) is 10.1. The molecular formula is C17H25N3O. The normalized spacial score (nSPS) is 11.1. The lowest BCUT2D eigenvalue weighted by molar-refractivity contribution is 0.414. The van der Waals surface area contributed by atoms with E-state index in [0.29, 0.717) is 5.92 Å². The van der Waals surface area contributed by atoms with Gasteiger partial charge in [-0.2, -0.15) is 0 Å². The third-order valence-electron chi connectivity index (χ3n) is 3.47. The second kappa shape index (κ2) is 7.27. The largest absolute Gasteiger partial charge is 0.497 e. The SMILES string of the molecule is COc1cccc(Cn2c(CNCC(C)C)cnc2C)c1. The molecule has 0 aliphatic heterocycles. The number of aryl methyl sites for hydroxylation is 1. The van der Waals surface area contributed by atoms with Gasteiger partial charge in [-0.1, -0.05) is 26.0 Å². The van der Waals surface area contributed by atoms with Gasteiger partial charge in [0.05, 0.1) is 12.8 Å². The average Bonchev–Trinajstić information content (AvgIpc) is 2.80. The monoisotopic (exact) mass is 287 g/mol. The van der Waals surface area contributed by atoms with Gasteiger partial charge in [-0.05, 0) is 37.1 Å². The minimum absolute atomic E-state index is 0.654. The van der Waals surface area contributed by atoms with Gasteiger partial charge in [0.1, 0.15) is 11.6 Å². The van der Waals surface area contributed by atoms with E-state index < -0.39 is 0 Å². The zero-order chi connectivity index (χ0) is 15.2. The van der Waals surface area contributed by atoms with Crippen molar-refractivity contribution in [2.45, 2.75) is 33.9 Å². The molecule has 0 radical (unpaired) electrons. The Labute approximate surface area is 127 Å². The van der Waals surface area contributed by atoms with Crippen molar-refractivity contribution in [1.29, 1.82) is 0 Å². The zero-order valence-corrected chi connectivity index (χ0v) is 13.4. The molecule has 0 fully saturated rings. The number of nitrogens with one attached hydrogen (secondary N) is 1. The van der Waals surface area contributed by atoms with E-state index in [-0.39, 0.29) is 0 Å². The molecule has 0 aliphatic rings. The fourth-order valence-electron chi connectivity index (χ4n) is 2.31. The van der Waals surface area contributed by atoms with Crippen molar-refractivity contribution in [2.75, 3.05) is 13.7 Å². The van der Waals surface area contributed by atoms with Crippen molar-refractivity contribution in [2.24, 2.45) is 5.92 Å². The molecular weight excluding hydrogens is 262 g/mol. The standard InChI is InChI=1S/C17H25N3O/c1-13(2)9-18-10-16-11-19-14(3)20(16)12-15-6-5-7-17(8-15)21-4/h5-8,11,13,18H,9-10,12H2,1-4H3. The fourth-order valence-corrected chi connectivity index (χ4v) is 2.31. The molecule has 1 heterocycles. The number of rotatable bonds is 7. The van der Waals surface area contributed by atoms with Gasteiger partial charge in [0.25, 0.3) is 0 Å². The highest BCUT2D eigenvalue weighted by atomic mass is 16.5. The van der Waals surface area contributed by atoms with Crippen LogP contribution in [0.4, 0.5) is 0 Å². The van der Waals surface area contributed by atoms with Gasteiger partial charge in [0.2, 0.25) is 0 Å². The van der Waals surface area contributed by atoms with E-state index in [9.17, 15) is 0 Å². The Morgan fingerprint density at radius 3 is 2.86 bits per heavy atom. The summed E-state index contributed by atoms with van der Waals surface area (Å²) in [6.45, 7) is 9.16. The van der Waals surface area contributed by atoms with Gasteiger partial charge < -0.3 is 14.6 Å². The Morgan fingerprint density at radius 1 is 1.33 bits per heavy atom. The summed E-state index contributed by atoms with van der Waals surface area (Å²) in [5.41, 5.74) is 2.44. The van der Waals surface area contributed by atoms with Crippen LogP contribution in [0.2, 0.25) is 0 Å². The molecule has 4 heteroatoms. The van der Waals surface area contributed by atoms with Gasteiger partial charge >= 0.3 is 0 Å². The quantitative estimate of drug-likeness (QED) is 0.851. The Kier molecular flexibility index (Phi) is 5.39. The van der Waals surface area contributed by atoms with E-state index in [4.69, 9.17) is 4.74 Å². The molecule has 1 aromatic carbocycles. The van der Waals surface area contributed by atoms with Gasteiger partial charge in [-0.25, -0.2) is 4.98 Å². The van der Waals surface area contributed by atoms with Crippen molar-refractivity contribution >= 4 is 0 Å². The molecule has 0 amide bonds. The second-order valence-corrected chi connectivity index (χ2v) is 5.76. The molecule has 0 bridgehead atoms. The van der Waals surface area contributed by atoms with Crippen LogP contribution in [0.15, 0.2) is 30.5 Å². The molecule has 1 N–H and O–H groups in total. The predicted molar refractivity (Wildman–Crippen MR) is 85.6 cm³/mol. The lowest BCUT2D eigenvalue weighted by Gasteiger charge is -2.13. The summed E-state index contributed by atoms with van der Waals surface area (Å²) in [6.07, 6.45) is 1.96. The number of aromatic nitrogens is 2. The molecule has 0 spiro atoms. The van der Waals surface area contributed by atoms with Crippen LogP contribution in [0.1, 0.15) is 30.9 Å². The molecule has 0 saturated carbocycles. The molecule has 0 unspecified atom stereocenters. The van der Waals surface area contributed by atoms with Crippen LogP contribution in [0.25, 0.3) is 0 Å². The second-order valence-electron chi connectivity index (χ2n) is 5.76. The van der Waals surface area contributed by atoms with Gasteiger partial charge in [-0.15, -0.1) is 0 Å².